The molecule has 106 valence electrons. The molecule has 3 atom stereocenters. The number of halogens is 1. The van der Waals surface area contributed by atoms with Gasteiger partial charge in [-0.2, -0.15) is 0 Å². The van der Waals surface area contributed by atoms with E-state index in [9.17, 15) is 5.11 Å². The zero-order valence-electron chi connectivity index (χ0n) is 11.9. The van der Waals surface area contributed by atoms with E-state index in [0.29, 0.717) is 12.0 Å². The number of aliphatic hydroxyl groups is 1. The van der Waals surface area contributed by atoms with Crippen molar-refractivity contribution in [1.29, 1.82) is 0 Å². The van der Waals surface area contributed by atoms with Gasteiger partial charge in [0.2, 0.25) is 0 Å². The quantitative estimate of drug-likeness (QED) is 0.893. The minimum absolute atomic E-state index is 0.230. The molecule has 0 bridgehead atoms. The van der Waals surface area contributed by atoms with E-state index in [1.54, 1.807) is 0 Å². The lowest BCUT2D eigenvalue weighted by Gasteiger charge is -2.28. The van der Waals surface area contributed by atoms with Crippen molar-refractivity contribution < 1.29 is 5.11 Å². The van der Waals surface area contributed by atoms with Gasteiger partial charge in [0.1, 0.15) is 0 Å². The monoisotopic (exact) mass is 326 g/mol. The molecular weight excluding hydrogens is 304 g/mol. The lowest BCUT2D eigenvalue weighted by Crippen LogP contribution is -2.35. The maximum atomic E-state index is 9.55. The second kappa shape index (κ2) is 6.25. The Morgan fingerprint density at radius 1 is 1.53 bits per heavy atom. The third-order valence-electron chi connectivity index (χ3n) is 4.28. The highest BCUT2D eigenvalue weighted by atomic mass is 79.9. The van der Waals surface area contributed by atoms with E-state index in [4.69, 9.17) is 0 Å². The molecule has 1 saturated heterocycles. The summed E-state index contributed by atoms with van der Waals surface area (Å²) in [4.78, 5) is 2.32. The van der Waals surface area contributed by atoms with E-state index in [1.165, 1.54) is 11.3 Å². The Kier molecular flexibility index (Phi) is 4.87. The molecule has 1 heterocycles. The first kappa shape index (κ1) is 14.8. The summed E-state index contributed by atoms with van der Waals surface area (Å²) in [6.45, 7) is 5.62. The van der Waals surface area contributed by atoms with Crippen molar-refractivity contribution in [2.75, 3.05) is 25.1 Å². The maximum Gasteiger partial charge on any atom is 0.0637 e. The highest BCUT2D eigenvalue weighted by Gasteiger charge is 2.30. The summed E-state index contributed by atoms with van der Waals surface area (Å²) in [7, 11) is 1.97. The highest BCUT2D eigenvalue weighted by Crippen LogP contribution is 2.33. The summed E-state index contributed by atoms with van der Waals surface area (Å²) in [5, 5.41) is 12.8. The van der Waals surface area contributed by atoms with Crippen LogP contribution in [-0.2, 0) is 0 Å². The zero-order chi connectivity index (χ0) is 14.0. The predicted octanol–water partition coefficient (Wildman–Crippen LogP) is 2.94. The van der Waals surface area contributed by atoms with Crippen molar-refractivity contribution in [2.24, 2.45) is 5.92 Å². The summed E-state index contributed by atoms with van der Waals surface area (Å²) < 4.78 is 1.13. The molecular formula is C15H23BrN2O. The third-order valence-corrected chi connectivity index (χ3v) is 4.97. The number of rotatable bonds is 4. The molecule has 0 spiro atoms. The molecule has 0 amide bonds. The van der Waals surface area contributed by atoms with Gasteiger partial charge in [-0.05, 0) is 44.0 Å². The smallest absolute Gasteiger partial charge is 0.0637 e. The van der Waals surface area contributed by atoms with Crippen LogP contribution in [0.2, 0.25) is 0 Å². The fourth-order valence-electron chi connectivity index (χ4n) is 2.81. The molecule has 0 aromatic heterocycles. The van der Waals surface area contributed by atoms with Crippen molar-refractivity contribution >= 4 is 21.6 Å². The second-order valence-electron chi connectivity index (χ2n) is 5.43. The van der Waals surface area contributed by atoms with E-state index in [2.05, 4.69) is 58.2 Å². The van der Waals surface area contributed by atoms with Gasteiger partial charge in [0.15, 0.2) is 0 Å². The summed E-state index contributed by atoms with van der Waals surface area (Å²) in [6.07, 6.45) is 1.15. The molecule has 19 heavy (non-hydrogen) atoms. The van der Waals surface area contributed by atoms with Crippen molar-refractivity contribution in [3.8, 4) is 0 Å². The summed E-state index contributed by atoms with van der Waals surface area (Å²) in [5.74, 6) is 0.555. The summed E-state index contributed by atoms with van der Waals surface area (Å²) in [6, 6.07) is 7.07. The number of hydrogen-bond acceptors (Lipinski definition) is 3. The highest BCUT2D eigenvalue weighted by molar-refractivity contribution is 9.10. The number of nitrogens with one attached hydrogen (secondary N) is 1. The number of anilines is 1. The van der Waals surface area contributed by atoms with E-state index >= 15 is 0 Å². The molecule has 1 aromatic rings. The van der Waals surface area contributed by atoms with Crippen molar-refractivity contribution in [1.82, 2.24) is 5.32 Å². The van der Waals surface area contributed by atoms with Crippen LogP contribution in [0.25, 0.3) is 0 Å². The van der Waals surface area contributed by atoms with Gasteiger partial charge in [-0.25, -0.2) is 0 Å². The van der Waals surface area contributed by atoms with Gasteiger partial charge in [0.05, 0.1) is 12.6 Å². The fourth-order valence-corrected chi connectivity index (χ4v) is 3.52. The Balaban J connectivity index is 2.25. The lowest BCUT2D eigenvalue weighted by molar-refractivity contribution is 0.245. The van der Waals surface area contributed by atoms with Gasteiger partial charge in [0.25, 0.3) is 0 Å². The van der Waals surface area contributed by atoms with Crippen molar-refractivity contribution in [2.45, 2.75) is 32.4 Å². The molecule has 1 aliphatic rings. The van der Waals surface area contributed by atoms with E-state index < -0.39 is 0 Å². The van der Waals surface area contributed by atoms with Crippen LogP contribution in [0, 0.1) is 5.92 Å². The van der Waals surface area contributed by atoms with Gasteiger partial charge in [0, 0.05) is 22.7 Å². The van der Waals surface area contributed by atoms with Crippen LogP contribution in [0.5, 0.6) is 0 Å². The van der Waals surface area contributed by atoms with E-state index in [0.717, 1.165) is 17.4 Å². The standard InChI is InChI=1S/C15H23BrN2O/c1-10-6-7-18(15(10)9-19)12-4-5-13(11(2)17-3)14(16)8-12/h4-5,8,10-11,15,17,19H,6-7,9H2,1-3H3. The largest absolute Gasteiger partial charge is 0.394 e. The first-order valence-electron chi connectivity index (χ1n) is 6.92. The van der Waals surface area contributed by atoms with E-state index in [-0.39, 0.29) is 12.6 Å². The third kappa shape index (κ3) is 2.96. The first-order valence-corrected chi connectivity index (χ1v) is 7.72. The van der Waals surface area contributed by atoms with Gasteiger partial charge >= 0.3 is 0 Å². The van der Waals surface area contributed by atoms with E-state index in [1.807, 2.05) is 7.05 Å². The Bertz CT molecular complexity index is 438. The maximum absolute atomic E-state index is 9.55. The van der Waals surface area contributed by atoms with Crippen molar-refractivity contribution in [3.63, 3.8) is 0 Å². The molecule has 0 aliphatic carbocycles. The van der Waals surface area contributed by atoms with Crippen LogP contribution in [0.1, 0.15) is 31.9 Å². The molecule has 1 aromatic carbocycles. The number of benzene rings is 1. The summed E-state index contributed by atoms with van der Waals surface area (Å²) >= 11 is 3.66. The van der Waals surface area contributed by atoms with Gasteiger partial charge < -0.3 is 15.3 Å². The first-order chi connectivity index (χ1) is 9.08. The van der Waals surface area contributed by atoms with Crippen LogP contribution >= 0.6 is 15.9 Å². The molecule has 1 aliphatic heterocycles. The number of nitrogens with zero attached hydrogens (tertiary/aromatic N) is 1. The molecule has 2 rings (SSSR count). The topological polar surface area (TPSA) is 35.5 Å². The molecule has 3 unspecified atom stereocenters. The molecule has 0 saturated carbocycles. The fraction of sp³-hybridized carbons (Fsp3) is 0.600. The number of hydrogen-bond donors (Lipinski definition) is 2. The number of aliphatic hydroxyl groups excluding tert-OH is 1. The molecule has 1 fully saturated rings. The second-order valence-corrected chi connectivity index (χ2v) is 6.28. The Morgan fingerprint density at radius 3 is 2.84 bits per heavy atom. The SMILES string of the molecule is CNC(C)c1ccc(N2CCC(C)C2CO)cc1Br. The van der Waals surface area contributed by atoms with Crippen LogP contribution in [0.15, 0.2) is 22.7 Å². The van der Waals surface area contributed by atoms with Gasteiger partial charge in [-0.1, -0.05) is 28.9 Å². The minimum Gasteiger partial charge on any atom is -0.394 e. The van der Waals surface area contributed by atoms with Gasteiger partial charge in [-0.15, -0.1) is 0 Å². The summed E-state index contributed by atoms with van der Waals surface area (Å²) in [5.41, 5.74) is 2.46. The Labute approximate surface area is 124 Å². The molecule has 4 heteroatoms. The lowest BCUT2D eigenvalue weighted by atomic mass is 10.0. The normalized spacial score (nSPS) is 24.8. The van der Waals surface area contributed by atoms with Crippen molar-refractivity contribution in [3.05, 3.63) is 28.2 Å². The van der Waals surface area contributed by atoms with Crippen LogP contribution in [-0.4, -0.2) is 31.3 Å². The molecule has 3 nitrogen and oxygen atoms in total. The Morgan fingerprint density at radius 2 is 2.26 bits per heavy atom. The van der Waals surface area contributed by atoms with Crippen LogP contribution < -0.4 is 10.2 Å². The average molecular weight is 327 g/mol. The Hall–Kier alpha value is -0.580. The minimum atomic E-state index is 0.230. The molecule has 0 radical (unpaired) electrons. The average Bonchev–Trinajstić information content (AvgIpc) is 2.78. The zero-order valence-corrected chi connectivity index (χ0v) is 13.4. The predicted molar refractivity (Wildman–Crippen MR) is 83.6 cm³/mol. The van der Waals surface area contributed by atoms with Crippen LogP contribution in [0.3, 0.4) is 0 Å². The molecule has 2 N–H and O–H groups in total. The van der Waals surface area contributed by atoms with Gasteiger partial charge in [-0.3, -0.25) is 0 Å². The van der Waals surface area contributed by atoms with Crippen LogP contribution in [0.4, 0.5) is 5.69 Å².